The predicted molar refractivity (Wildman–Crippen MR) is 154 cm³/mol. The van der Waals surface area contributed by atoms with E-state index in [9.17, 15) is 4.79 Å². The smallest absolute Gasteiger partial charge is 0.255 e. The number of benzene rings is 3. The Morgan fingerprint density at radius 1 is 1.03 bits per heavy atom. The summed E-state index contributed by atoms with van der Waals surface area (Å²) in [4.78, 5) is 18.6. The average molecular weight is 542 g/mol. The summed E-state index contributed by atoms with van der Waals surface area (Å²) in [6, 6.07) is 23.2. The third-order valence-corrected chi connectivity index (χ3v) is 7.55. The van der Waals surface area contributed by atoms with Gasteiger partial charge in [-0.2, -0.15) is 4.98 Å². The number of para-hydroxylation sites is 2. The monoisotopic (exact) mass is 541 g/mol. The van der Waals surface area contributed by atoms with Crippen LogP contribution in [0.1, 0.15) is 36.6 Å². The van der Waals surface area contributed by atoms with Crippen LogP contribution in [0.2, 0.25) is 0 Å². The SMILES string of the molecule is CCc1ccc([C@@H]2C(C(=O)Nc3ccccc3OC)=C(C)Nc3nc(SCc4cccc(OC)c4)nn32)cc1. The van der Waals surface area contributed by atoms with Gasteiger partial charge in [0.2, 0.25) is 11.1 Å². The van der Waals surface area contributed by atoms with E-state index < -0.39 is 6.04 Å². The minimum atomic E-state index is -0.458. The number of methoxy groups -OCH3 is 2. The number of amides is 1. The molecule has 8 nitrogen and oxygen atoms in total. The van der Waals surface area contributed by atoms with Crippen molar-refractivity contribution in [1.82, 2.24) is 14.8 Å². The van der Waals surface area contributed by atoms with E-state index in [1.165, 1.54) is 17.3 Å². The van der Waals surface area contributed by atoms with Crippen molar-refractivity contribution in [3.05, 3.63) is 101 Å². The summed E-state index contributed by atoms with van der Waals surface area (Å²) in [7, 11) is 3.25. The van der Waals surface area contributed by atoms with Gasteiger partial charge in [-0.3, -0.25) is 4.79 Å². The van der Waals surface area contributed by atoms with Gasteiger partial charge in [-0.15, -0.1) is 5.10 Å². The van der Waals surface area contributed by atoms with Crippen LogP contribution in [0.15, 0.2) is 89.2 Å². The molecule has 0 spiro atoms. The summed E-state index contributed by atoms with van der Waals surface area (Å²) in [6.45, 7) is 4.02. The molecule has 200 valence electrons. The van der Waals surface area contributed by atoms with Crippen molar-refractivity contribution in [2.24, 2.45) is 0 Å². The number of nitrogens with one attached hydrogen (secondary N) is 2. The van der Waals surface area contributed by atoms with Crippen LogP contribution >= 0.6 is 11.8 Å². The van der Waals surface area contributed by atoms with Crippen molar-refractivity contribution in [2.45, 2.75) is 37.2 Å². The van der Waals surface area contributed by atoms with Gasteiger partial charge < -0.3 is 20.1 Å². The van der Waals surface area contributed by atoms with E-state index >= 15 is 0 Å². The van der Waals surface area contributed by atoms with Crippen LogP contribution in [0.25, 0.3) is 0 Å². The maximum atomic E-state index is 13.8. The van der Waals surface area contributed by atoms with Crippen LogP contribution in [0.5, 0.6) is 11.5 Å². The van der Waals surface area contributed by atoms with Gasteiger partial charge in [0.1, 0.15) is 17.5 Å². The fourth-order valence-electron chi connectivity index (χ4n) is 4.58. The first-order valence-electron chi connectivity index (χ1n) is 12.7. The fourth-order valence-corrected chi connectivity index (χ4v) is 5.35. The molecule has 9 heteroatoms. The second-order valence-electron chi connectivity index (χ2n) is 9.12. The second-order valence-corrected chi connectivity index (χ2v) is 10.1. The zero-order valence-electron chi connectivity index (χ0n) is 22.4. The number of aryl methyl sites for hydroxylation is 1. The van der Waals surface area contributed by atoms with Crippen LogP contribution in [-0.2, 0) is 17.0 Å². The van der Waals surface area contributed by atoms with Crippen LogP contribution in [0.4, 0.5) is 11.6 Å². The van der Waals surface area contributed by atoms with Crippen LogP contribution in [0, 0.1) is 0 Å². The molecular weight excluding hydrogens is 510 g/mol. The quantitative estimate of drug-likeness (QED) is 0.248. The van der Waals surface area contributed by atoms with Gasteiger partial charge in [0, 0.05) is 11.4 Å². The largest absolute Gasteiger partial charge is 0.497 e. The number of hydrogen-bond donors (Lipinski definition) is 2. The van der Waals surface area contributed by atoms with Crippen molar-refractivity contribution in [3.8, 4) is 11.5 Å². The van der Waals surface area contributed by atoms with Crippen LogP contribution in [0.3, 0.4) is 0 Å². The lowest BCUT2D eigenvalue weighted by atomic mass is 9.94. The fraction of sp³-hybridized carbons (Fsp3) is 0.233. The third kappa shape index (κ3) is 5.63. The Kier molecular flexibility index (Phi) is 7.88. The first-order chi connectivity index (χ1) is 19.0. The maximum absolute atomic E-state index is 13.8. The molecule has 1 aliphatic heterocycles. The van der Waals surface area contributed by atoms with E-state index in [4.69, 9.17) is 19.6 Å². The van der Waals surface area contributed by atoms with Gasteiger partial charge in [0.15, 0.2) is 0 Å². The number of ether oxygens (including phenoxy) is 2. The van der Waals surface area contributed by atoms with E-state index in [0.29, 0.717) is 33.9 Å². The summed E-state index contributed by atoms with van der Waals surface area (Å²) < 4.78 is 12.6. The van der Waals surface area contributed by atoms with Crippen LogP contribution < -0.4 is 20.1 Å². The zero-order chi connectivity index (χ0) is 27.4. The lowest BCUT2D eigenvalue weighted by molar-refractivity contribution is -0.113. The maximum Gasteiger partial charge on any atom is 0.255 e. The number of rotatable bonds is 9. The third-order valence-electron chi connectivity index (χ3n) is 6.64. The molecule has 0 aliphatic carbocycles. The number of fused-ring (bicyclic) bond motifs is 1. The summed E-state index contributed by atoms with van der Waals surface area (Å²) in [5, 5.41) is 11.8. The number of allylic oxidation sites excluding steroid dienone is 1. The molecule has 0 bridgehead atoms. The predicted octanol–water partition coefficient (Wildman–Crippen LogP) is 6.08. The molecule has 1 aromatic heterocycles. The first kappa shape index (κ1) is 26.4. The Balaban J connectivity index is 1.48. The lowest BCUT2D eigenvalue weighted by Crippen LogP contribution is -2.31. The van der Waals surface area contributed by atoms with Crippen molar-refractivity contribution in [2.75, 3.05) is 24.9 Å². The van der Waals surface area contributed by atoms with Crippen LogP contribution in [-0.4, -0.2) is 34.9 Å². The molecule has 1 amide bonds. The molecule has 0 fully saturated rings. The highest BCUT2D eigenvalue weighted by atomic mass is 32.2. The molecule has 4 aromatic rings. The number of anilines is 2. The zero-order valence-corrected chi connectivity index (χ0v) is 23.2. The summed E-state index contributed by atoms with van der Waals surface area (Å²) in [5.41, 5.74) is 5.17. The van der Waals surface area contributed by atoms with Gasteiger partial charge >= 0.3 is 0 Å². The Bertz CT molecular complexity index is 1510. The Hall–Kier alpha value is -4.24. The first-order valence-corrected chi connectivity index (χ1v) is 13.7. The van der Waals surface area contributed by atoms with Crippen molar-refractivity contribution in [3.63, 3.8) is 0 Å². The minimum absolute atomic E-state index is 0.235. The summed E-state index contributed by atoms with van der Waals surface area (Å²) in [5.74, 6) is 2.45. The standard InChI is InChI=1S/C30H31N5O3S/c1-5-20-13-15-22(16-14-20)27-26(28(36)32-24-11-6-7-12-25(24)38-4)19(2)31-29-33-30(34-35(27)29)39-18-21-9-8-10-23(17-21)37-3/h6-17,27H,5,18H2,1-4H3,(H,32,36)(H,31,33,34)/t27-/m1/s1. The topological polar surface area (TPSA) is 90.3 Å². The van der Waals surface area contributed by atoms with E-state index in [-0.39, 0.29) is 5.91 Å². The van der Waals surface area contributed by atoms with Gasteiger partial charge in [-0.1, -0.05) is 67.2 Å². The highest BCUT2D eigenvalue weighted by molar-refractivity contribution is 7.98. The number of hydrogen-bond acceptors (Lipinski definition) is 7. The van der Waals surface area contributed by atoms with E-state index in [0.717, 1.165) is 29.0 Å². The molecule has 0 radical (unpaired) electrons. The molecule has 1 aliphatic rings. The van der Waals surface area contributed by atoms with Gasteiger partial charge in [-0.05, 0) is 54.3 Å². The highest BCUT2D eigenvalue weighted by Gasteiger charge is 2.34. The Morgan fingerprint density at radius 2 is 1.82 bits per heavy atom. The average Bonchev–Trinajstić information content (AvgIpc) is 3.38. The molecule has 0 saturated heterocycles. The summed E-state index contributed by atoms with van der Waals surface area (Å²) in [6.07, 6.45) is 0.933. The molecule has 0 unspecified atom stereocenters. The summed E-state index contributed by atoms with van der Waals surface area (Å²) >= 11 is 1.53. The van der Waals surface area contributed by atoms with Gasteiger partial charge in [0.05, 0.1) is 25.5 Å². The Labute approximate surface area is 232 Å². The van der Waals surface area contributed by atoms with Crippen molar-refractivity contribution < 1.29 is 14.3 Å². The molecular formula is C30H31N5O3S. The van der Waals surface area contributed by atoms with Gasteiger partial charge in [-0.25, -0.2) is 4.68 Å². The molecule has 5 rings (SSSR count). The van der Waals surface area contributed by atoms with E-state index in [1.54, 1.807) is 18.9 Å². The number of thioether (sulfide) groups is 1. The normalized spacial score (nSPS) is 14.4. The molecule has 3 aromatic carbocycles. The molecule has 1 atom stereocenters. The Morgan fingerprint density at radius 3 is 2.56 bits per heavy atom. The minimum Gasteiger partial charge on any atom is -0.497 e. The number of aromatic nitrogens is 3. The number of carbonyl (C=O) groups is 1. The van der Waals surface area contributed by atoms with E-state index in [2.05, 4.69) is 41.8 Å². The lowest BCUT2D eigenvalue weighted by Gasteiger charge is -2.29. The molecule has 0 saturated carbocycles. The van der Waals surface area contributed by atoms with Crippen molar-refractivity contribution >= 4 is 29.3 Å². The van der Waals surface area contributed by atoms with E-state index in [1.807, 2.05) is 55.5 Å². The highest BCUT2D eigenvalue weighted by Crippen LogP contribution is 2.38. The second kappa shape index (κ2) is 11.7. The molecule has 2 heterocycles. The number of carbonyl (C=O) groups excluding carboxylic acids is 1. The number of nitrogens with zero attached hydrogens (tertiary/aromatic N) is 3. The molecule has 39 heavy (non-hydrogen) atoms. The van der Waals surface area contributed by atoms with Crippen molar-refractivity contribution in [1.29, 1.82) is 0 Å². The molecule has 2 N–H and O–H groups in total. The van der Waals surface area contributed by atoms with Gasteiger partial charge in [0.25, 0.3) is 5.91 Å².